The summed E-state index contributed by atoms with van der Waals surface area (Å²) in [6, 6.07) is 8.19. The highest BCUT2D eigenvalue weighted by atomic mass is 16.5. The molecule has 122 valence electrons. The van der Waals surface area contributed by atoms with E-state index in [9.17, 15) is 4.79 Å². The van der Waals surface area contributed by atoms with Gasteiger partial charge in [0.15, 0.2) is 0 Å². The molecule has 22 heavy (non-hydrogen) atoms. The van der Waals surface area contributed by atoms with Gasteiger partial charge in [0, 0.05) is 12.3 Å². The fraction of sp³-hybridized carbons (Fsp3) is 0.632. The Morgan fingerprint density at radius 2 is 1.86 bits per heavy atom. The molecule has 2 atom stereocenters. The van der Waals surface area contributed by atoms with Crippen molar-refractivity contribution in [2.24, 2.45) is 0 Å². The van der Waals surface area contributed by atoms with E-state index >= 15 is 0 Å². The number of rotatable bonds is 7. The number of methoxy groups -OCH3 is 1. The van der Waals surface area contributed by atoms with E-state index in [2.05, 4.69) is 19.1 Å². The predicted molar refractivity (Wildman–Crippen MR) is 88.2 cm³/mol. The minimum atomic E-state index is -0.0288. The maximum Gasteiger partial charge on any atom is 0.306 e. The Hall–Kier alpha value is -1.51. The molecule has 0 amide bonds. The van der Waals surface area contributed by atoms with Crippen LogP contribution in [0.25, 0.3) is 0 Å². The van der Waals surface area contributed by atoms with Gasteiger partial charge in [-0.25, -0.2) is 0 Å². The molecule has 0 bridgehead atoms. The summed E-state index contributed by atoms with van der Waals surface area (Å²) in [4.78, 5) is 12.0. The van der Waals surface area contributed by atoms with Crippen LogP contribution in [0.4, 0.5) is 0 Å². The standard InChI is InChI=1S/C19H28O3/c1-3-4-5-10-19(20)22-18-9-7-6-8-17(18)15-11-13-16(21-2)14-12-15/h11-14,17-18H,3-10H2,1-2H3. The van der Waals surface area contributed by atoms with Crippen LogP contribution in [0.1, 0.15) is 69.8 Å². The summed E-state index contributed by atoms with van der Waals surface area (Å²) < 4.78 is 11.0. The molecule has 1 aromatic carbocycles. The summed E-state index contributed by atoms with van der Waals surface area (Å²) in [7, 11) is 1.68. The first-order valence-electron chi connectivity index (χ1n) is 8.58. The molecule has 0 spiro atoms. The number of carbonyl (C=O) groups is 1. The zero-order valence-electron chi connectivity index (χ0n) is 13.8. The molecular formula is C19H28O3. The smallest absolute Gasteiger partial charge is 0.306 e. The van der Waals surface area contributed by atoms with Crippen LogP contribution in [0.3, 0.4) is 0 Å². The number of ether oxygens (including phenoxy) is 2. The predicted octanol–water partition coefficient (Wildman–Crippen LogP) is 4.84. The van der Waals surface area contributed by atoms with E-state index in [0.717, 1.165) is 44.3 Å². The third kappa shape index (κ3) is 4.75. The van der Waals surface area contributed by atoms with Crippen molar-refractivity contribution >= 4 is 5.97 Å². The van der Waals surface area contributed by atoms with E-state index < -0.39 is 0 Å². The molecule has 0 aromatic heterocycles. The van der Waals surface area contributed by atoms with Gasteiger partial charge in [0.05, 0.1) is 7.11 Å². The van der Waals surface area contributed by atoms with Crippen molar-refractivity contribution in [3.63, 3.8) is 0 Å². The lowest BCUT2D eigenvalue weighted by atomic mass is 9.81. The first kappa shape index (κ1) is 16.9. The topological polar surface area (TPSA) is 35.5 Å². The summed E-state index contributed by atoms with van der Waals surface area (Å²) in [5.74, 6) is 1.17. The third-order valence-corrected chi connectivity index (χ3v) is 4.51. The van der Waals surface area contributed by atoms with Crippen LogP contribution < -0.4 is 4.74 Å². The van der Waals surface area contributed by atoms with E-state index in [-0.39, 0.29) is 12.1 Å². The van der Waals surface area contributed by atoms with Gasteiger partial charge >= 0.3 is 5.97 Å². The molecule has 0 heterocycles. The lowest BCUT2D eigenvalue weighted by molar-refractivity contribution is -0.151. The number of hydrogen-bond acceptors (Lipinski definition) is 3. The fourth-order valence-corrected chi connectivity index (χ4v) is 3.22. The summed E-state index contributed by atoms with van der Waals surface area (Å²) in [5.41, 5.74) is 1.26. The van der Waals surface area contributed by atoms with Gasteiger partial charge in [-0.15, -0.1) is 0 Å². The largest absolute Gasteiger partial charge is 0.497 e. The van der Waals surface area contributed by atoms with Gasteiger partial charge in [0.1, 0.15) is 11.9 Å². The Morgan fingerprint density at radius 1 is 1.14 bits per heavy atom. The number of hydrogen-bond donors (Lipinski definition) is 0. The zero-order valence-corrected chi connectivity index (χ0v) is 13.8. The second-order valence-corrected chi connectivity index (χ2v) is 6.15. The van der Waals surface area contributed by atoms with Gasteiger partial charge in [-0.05, 0) is 43.4 Å². The molecule has 2 rings (SSSR count). The first-order chi connectivity index (χ1) is 10.7. The Morgan fingerprint density at radius 3 is 2.55 bits per heavy atom. The molecular weight excluding hydrogens is 276 g/mol. The number of carbonyl (C=O) groups excluding carboxylic acids is 1. The average molecular weight is 304 g/mol. The lowest BCUT2D eigenvalue weighted by Gasteiger charge is -2.31. The van der Waals surface area contributed by atoms with E-state index in [0.29, 0.717) is 12.3 Å². The molecule has 0 aliphatic heterocycles. The fourth-order valence-electron chi connectivity index (χ4n) is 3.22. The second kappa shape index (κ2) is 8.82. The normalized spacial score (nSPS) is 21.4. The van der Waals surface area contributed by atoms with Crippen LogP contribution in [0.5, 0.6) is 5.75 Å². The van der Waals surface area contributed by atoms with E-state index in [1.165, 1.54) is 12.0 Å². The number of benzene rings is 1. The maximum absolute atomic E-state index is 12.0. The SMILES string of the molecule is CCCCCC(=O)OC1CCCCC1c1ccc(OC)cc1. The van der Waals surface area contributed by atoms with E-state index in [4.69, 9.17) is 9.47 Å². The van der Waals surface area contributed by atoms with Gasteiger partial charge in [-0.3, -0.25) is 4.79 Å². The molecule has 0 N–H and O–H groups in total. The minimum Gasteiger partial charge on any atom is -0.497 e. The second-order valence-electron chi connectivity index (χ2n) is 6.15. The highest BCUT2D eigenvalue weighted by Gasteiger charge is 2.29. The van der Waals surface area contributed by atoms with Gasteiger partial charge < -0.3 is 9.47 Å². The molecule has 0 saturated heterocycles. The highest BCUT2D eigenvalue weighted by molar-refractivity contribution is 5.69. The van der Waals surface area contributed by atoms with E-state index in [1.807, 2.05) is 12.1 Å². The molecule has 1 saturated carbocycles. The third-order valence-electron chi connectivity index (χ3n) is 4.51. The minimum absolute atomic E-state index is 0.0288. The maximum atomic E-state index is 12.0. The molecule has 0 radical (unpaired) electrons. The van der Waals surface area contributed by atoms with Crippen LogP contribution in [0, 0.1) is 0 Å². The van der Waals surface area contributed by atoms with E-state index in [1.54, 1.807) is 7.11 Å². The average Bonchev–Trinajstić information content (AvgIpc) is 2.56. The van der Waals surface area contributed by atoms with Crippen LogP contribution in [0.15, 0.2) is 24.3 Å². The van der Waals surface area contributed by atoms with Gasteiger partial charge in [0.2, 0.25) is 0 Å². The van der Waals surface area contributed by atoms with Crippen LogP contribution in [0.2, 0.25) is 0 Å². The molecule has 1 aromatic rings. The molecule has 1 aliphatic carbocycles. The molecule has 1 aliphatic rings. The summed E-state index contributed by atoms with van der Waals surface area (Å²) in [6.45, 7) is 2.15. The monoisotopic (exact) mass is 304 g/mol. The quantitative estimate of drug-likeness (QED) is 0.534. The molecule has 3 heteroatoms. The van der Waals surface area contributed by atoms with Crippen molar-refractivity contribution < 1.29 is 14.3 Å². The zero-order chi connectivity index (χ0) is 15.8. The first-order valence-corrected chi connectivity index (χ1v) is 8.58. The van der Waals surface area contributed by atoms with Crippen LogP contribution >= 0.6 is 0 Å². The van der Waals surface area contributed by atoms with Crippen molar-refractivity contribution in [1.82, 2.24) is 0 Å². The van der Waals surface area contributed by atoms with Gasteiger partial charge in [0.25, 0.3) is 0 Å². The number of unbranched alkanes of at least 4 members (excludes halogenated alkanes) is 2. The molecule has 3 nitrogen and oxygen atoms in total. The molecule has 1 fully saturated rings. The Balaban J connectivity index is 1.96. The van der Waals surface area contributed by atoms with Gasteiger partial charge in [-0.2, -0.15) is 0 Å². The Labute approximate surface area is 134 Å². The van der Waals surface area contributed by atoms with Crippen molar-refractivity contribution in [2.75, 3.05) is 7.11 Å². The van der Waals surface area contributed by atoms with Crippen molar-refractivity contribution in [1.29, 1.82) is 0 Å². The van der Waals surface area contributed by atoms with Crippen molar-refractivity contribution in [2.45, 2.75) is 70.3 Å². The van der Waals surface area contributed by atoms with Crippen molar-refractivity contribution in [3.05, 3.63) is 29.8 Å². The lowest BCUT2D eigenvalue weighted by Crippen LogP contribution is -2.28. The molecule has 2 unspecified atom stereocenters. The summed E-state index contributed by atoms with van der Waals surface area (Å²) in [6.07, 6.45) is 8.20. The highest BCUT2D eigenvalue weighted by Crippen LogP contribution is 2.35. The Kier molecular flexibility index (Phi) is 6.75. The van der Waals surface area contributed by atoms with Crippen molar-refractivity contribution in [3.8, 4) is 5.75 Å². The van der Waals surface area contributed by atoms with Crippen LogP contribution in [-0.4, -0.2) is 19.2 Å². The summed E-state index contributed by atoms with van der Waals surface area (Å²) >= 11 is 0. The summed E-state index contributed by atoms with van der Waals surface area (Å²) in [5, 5.41) is 0. The van der Waals surface area contributed by atoms with Crippen LogP contribution in [-0.2, 0) is 9.53 Å². The number of esters is 1. The Bertz CT molecular complexity index is 452. The van der Waals surface area contributed by atoms with Gasteiger partial charge in [-0.1, -0.05) is 38.3 Å².